The molecule has 2 bridgehead atoms. The summed E-state index contributed by atoms with van der Waals surface area (Å²) in [4.78, 5) is 12.2. The molecule has 0 aliphatic carbocycles. The van der Waals surface area contributed by atoms with E-state index in [9.17, 15) is 17.6 Å². The van der Waals surface area contributed by atoms with E-state index in [2.05, 4.69) is 10.6 Å². The Labute approximate surface area is 154 Å². The highest BCUT2D eigenvalue weighted by Crippen LogP contribution is 2.26. The molecule has 2 aliphatic heterocycles. The highest BCUT2D eigenvalue weighted by atomic mass is 32.2. The summed E-state index contributed by atoms with van der Waals surface area (Å²) in [6.45, 7) is 0.241. The van der Waals surface area contributed by atoms with Gasteiger partial charge in [0.15, 0.2) is 0 Å². The van der Waals surface area contributed by atoms with Crippen LogP contribution >= 0.6 is 0 Å². The molecule has 2 unspecified atom stereocenters. The van der Waals surface area contributed by atoms with Crippen LogP contribution in [0.25, 0.3) is 0 Å². The Bertz CT molecular complexity index is 727. The Kier molecular flexibility index (Phi) is 5.94. The van der Waals surface area contributed by atoms with Crippen molar-refractivity contribution in [1.29, 1.82) is 0 Å². The van der Waals surface area contributed by atoms with Crippen LogP contribution < -0.4 is 10.6 Å². The lowest BCUT2D eigenvalue weighted by Crippen LogP contribution is -2.48. The largest absolute Gasteiger partial charge is 0.353 e. The number of nitrogens with one attached hydrogen (secondary N) is 2. The molecule has 0 radical (unpaired) electrons. The summed E-state index contributed by atoms with van der Waals surface area (Å²) in [6.07, 6.45) is 5.05. The van der Waals surface area contributed by atoms with Gasteiger partial charge in [-0.3, -0.25) is 4.79 Å². The number of hydrogen-bond donors (Lipinski definition) is 2. The summed E-state index contributed by atoms with van der Waals surface area (Å²) in [7, 11) is -2.19. The Balaban J connectivity index is 1.43. The summed E-state index contributed by atoms with van der Waals surface area (Å²) in [5.74, 6) is -0.501. The van der Waals surface area contributed by atoms with Crippen molar-refractivity contribution in [2.75, 3.05) is 13.6 Å². The van der Waals surface area contributed by atoms with Crippen molar-refractivity contribution < 1.29 is 17.6 Å². The van der Waals surface area contributed by atoms with E-state index >= 15 is 0 Å². The second kappa shape index (κ2) is 8.02. The molecule has 2 N–H and O–H groups in total. The predicted molar refractivity (Wildman–Crippen MR) is 96.6 cm³/mol. The number of piperidine rings is 1. The molecule has 1 amide bonds. The normalized spacial score (nSPS) is 25.4. The minimum absolute atomic E-state index is 0.0242. The molecule has 8 heteroatoms. The first-order chi connectivity index (χ1) is 12.3. The van der Waals surface area contributed by atoms with Crippen LogP contribution in [0, 0.1) is 5.82 Å². The molecular weight excluding hydrogens is 357 g/mol. The van der Waals surface area contributed by atoms with Crippen LogP contribution in [0.15, 0.2) is 29.2 Å². The average molecular weight is 383 g/mol. The summed E-state index contributed by atoms with van der Waals surface area (Å²) in [6, 6.07) is 6.01. The molecule has 6 nitrogen and oxygen atoms in total. The zero-order chi connectivity index (χ0) is 18.7. The maximum Gasteiger partial charge on any atom is 0.242 e. The minimum Gasteiger partial charge on any atom is -0.353 e. The second-order valence-corrected chi connectivity index (χ2v) is 9.30. The number of halogens is 1. The third kappa shape index (κ3) is 4.61. The van der Waals surface area contributed by atoms with E-state index in [1.807, 2.05) is 0 Å². The predicted octanol–water partition coefficient (Wildman–Crippen LogP) is 1.63. The van der Waals surface area contributed by atoms with Crippen LogP contribution in [0.1, 0.15) is 38.5 Å². The van der Waals surface area contributed by atoms with E-state index in [0.29, 0.717) is 24.9 Å². The lowest BCUT2D eigenvalue weighted by Gasteiger charge is -2.29. The average Bonchev–Trinajstić information content (AvgIpc) is 2.93. The van der Waals surface area contributed by atoms with Gasteiger partial charge in [0.2, 0.25) is 15.9 Å². The molecule has 26 heavy (non-hydrogen) atoms. The van der Waals surface area contributed by atoms with Crippen molar-refractivity contribution in [2.24, 2.45) is 0 Å². The van der Waals surface area contributed by atoms with Gasteiger partial charge in [0, 0.05) is 38.1 Å². The van der Waals surface area contributed by atoms with Crippen molar-refractivity contribution in [2.45, 2.75) is 61.5 Å². The van der Waals surface area contributed by atoms with Crippen molar-refractivity contribution >= 4 is 15.9 Å². The smallest absolute Gasteiger partial charge is 0.242 e. The van der Waals surface area contributed by atoms with Crippen LogP contribution in [-0.4, -0.2) is 50.3 Å². The minimum atomic E-state index is -3.66. The number of hydrogen-bond acceptors (Lipinski definition) is 4. The number of amides is 1. The first kappa shape index (κ1) is 19.3. The van der Waals surface area contributed by atoms with Gasteiger partial charge in [-0.05, 0) is 56.4 Å². The van der Waals surface area contributed by atoms with E-state index in [4.69, 9.17) is 0 Å². The van der Waals surface area contributed by atoms with Crippen molar-refractivity contribution in [3.05, 3.63) is 30.1 Å². The zero-order valence-corrected chi connectivity index (χ0v) is 15.8. The number of rotatable bonds is 7. The van der Waals surface area contributed by atoms with E-state index < -0.39 is 15.8 Å². The topological polar surface area (TPSA) is 78.5 Å². The first-order valence-corrected chi connectivity index (χ1v) is 10.6. The Morgan fingerprint density at radius 3 is 2.46 bits per heavy atom. The van der Waals surface area contributed by atoms with Gasteiger partial charge in [-0.15, -0.1) is 0 Å². The van der Waals surface area contributed by atoms with Crippen LogP contribution in [-0.2, 0) is 14.8 Å². The molecule has 2 aliphatic rings. The molecule has 144 valence electrons. The van der Waals surface area contributed by atoms with Crippen LogP contribution in [0.2, 0.25) is 0 Å². The number of fused-ring (bicyclic) bond motifs is 2. The van der Waals surface area contributed by atoms with Crippen LogP contribution in [0.5, 0.6) is 0 Å². The van der Waals surface area contributed by atoms with Crippen LogP contribution in [0.4, 0.5) is 4.39 Å². The first-order valence-electron chi connectivity index (χ1n) is 9.12. The highest BCUT2D eigenvalue weighted by molar-refractivity contribution is 7.89. The van der Waals surface area contributed by atoms with Gasteiger partial charge in [0.1, 0.15) is 5.82 Å². The lowest BCUT2D eigenvalue weighted by molar-refractivity contribution is -0.122. The monoisotopic (exact) mass is 383 g/mol. The van der Waals surface area contributed by atoms with Crippen molar-refractivity contribution in [3.63, 3.8) is 0 Å². The van der Waals surface area contributed by atoms with Gasteiger partial charge in [0.25, 0.3) is 0 Å². The summed E-state index contributed by atoms with van der Waals surface area (Å²) in [5.41, 5.74) is 0. The second-order valence-electron chi connectivity index (χ2n) is 7.26. The number of carbonyl (C=O) groups excluding carboxylic acids is 1. The van der Waals surface area contributed by atoms with Gasteiger partial charge in [0.05, 0.1) is 4.90 Å². The summed E-state index contributed by atoms with van der Waals surface area (Å²) in [5, 5.41) is 6.62. The molecule has 2 atom stereocenters. The van der Waals surface area contributed by atoms with E-state index in [0.717, 1.165) is 25.0 Å². The summed E-state index contributed by atoms with van der Waals surface area (Å²) < 4.78 is 39.0. The molecule has 2 saturated heterocycles. The Hall–Kier alpha value is -1.51. The molecule has 0 aromatic heterocycles. The fourth-order valence-electron chi connectivity index (χ4n) is 3.84. The molecule has 1 aromatic carbocycles. The zero-order valence-electron chi connectivity index (χ0n) is 14.9. The number of carbonyl (C=O) groups is 1. The number of nitrogens with zero attached hydrogens (tertiary/aromatic N) is 1. The maximum atomic E-state index is 13.0. The van der Waals surface area contributed by atoms with Gasteiger partial charge in [-0.2, -0.15) is 0 Å². The van der Waals surface area contributed by atoms with Gasteiger partial charge < -0.3 is 10.6 Å². The third-order valence-electron chi connectivity index (χ3n) is 5.24. The van der Waals surface area contributed by atoms with Crippen molar-refractivity contribution in [3.8, 4) is 0 Å². The fraction of sp³-hybridized carbons (Fsp3) is 0.611. The van der Waals surface area contributed by atoms with Gasteiger partial charge in [-0.25, -0.2) is 17.1 Å². The molecule has 3 rings (SSSR count). The standard InChI is InChI=1S/C18H26FN3O3S/c1-22(26(24,25)17-8-4-13(19)5-9-17)10-2-3-18(23)21-16-11-14-6-7-15(12-16)20-14/h4-5,8-9,14-16,20H,2-3,6-7,10-12H2,1H3,(H,21,23). The van der Waals surface area contributed by atoms with Gasteiger partial charge >= 0.3 is 0 Å². The Morgan fingerprint density at radius 1 is 1.23 bits per heavy atom. The molecule has 2 fully saturated rings. The van der Waals surface area contributed by atoms with Crippen molar-refractivity contribution in [1.82, 2.24) is 14.9 Å². The molecule has 0 spiro atoms. The molecule has 0 saturated carbocycles. The quantitative estimate of drug-likeness (QED) is 0.750. The number of sulfonamides is 1. The molecular formula is C18H26FN3O3S. The molecule has 1 aromatic rings. The Morgan fingerprint density at radius 2 is 1.85 bits per heavy atom. The van der Waals surface area contributed by atoms with Gasteiger partial charge in [-0.1, -0.05) is 0 Å². The van der Waals surface area contributed by atoms with E-state index in [-0.39, 0.29) is 23.4 Å². The van der Waals surface area contributed by atoms with E-state index in [1.165, 1.54) is 36.3 Å². The fourth-order valence-corrected chi connectivity index (χ4v) is 5.05. The maximum absolute atomic E-state index is 13.0. The SMILES string of the molecule is CN(CCCC(=O)NC1CC2CCC(C1)N2)S(=O)(=O)c1ccc(F)cc1. The van der Waals surface area contributed by atoms with Crippen LogP contribution in [0.3, 0.4) is 0 Å². The summed E-state index contributed by atoms with van der Waals surface area (Å²) >= 11 is 0. The van der Waals surface area contributed by atoms with E-state index in [1.54, 1.807) is 0 Å². The highest BCUT2D eigenvalue weighted by Gasteiger charge is 2.33. The number of benzene rings is 1. The molecule has 2 heterocycles. The third-order valence-corrected chi connectivity index (χ3v) is 7.11. The lowest BCUT2D eigenvalue weighted by atomic mass is 9.99.